The van der Waals surface area contributed by atoms with E-state index < -0.39 is 0 Å². The van der Waals surface area contributed by atoms with E-state index in [9.17, 15) is 0 Å². The van der Waals surface area contributed by atoms with Crippen LogP contribution in [-0.4, -0.2) is 19.1 Å². The van der Waals surface area contributed by atoms with Crippen LogP contribution in [0, 0.1) is 0 Å². The van der Waals surface area contributed by atoms with Gasteiger partial charge < -0.3 is 4.57 Å². The number of hydrogen-bond donors (Lipinski definition) is 0. The number of benzene rings is 9. The largest absolute Gasteiger partial charge is 0.309 e. The lowest BCUT2D eigenvalue weighted by Gasteiger charge is -2.16. The lowest BCUT2D eigenvalue weighted by atomic mass is 9.97. The standard InChI is InChI=1S/C54H34N4/c1-4-16-35(17-5-1)39-30-32-43-49(34-39)58(48-29-15-28-47(51(43)48)57-45-26-12-10-23-41(45)42-24-11-13-27-46(42)57)54-52(38-20-8-3-9-21-38)55-44-33-31-37-22-14-25-40(50(37)53(44)56-54)36-18-6-2-7-19-36/h1-34H. The summed E-state index contributed by atoms with van der Waals surface area (Å²) in [6.07, 6.45) is 0. The Kier molecular flexibility index (Phi) is 7.20. The summed E-state index contributed by atoms with van der Waals surface area (Å²) in [6.45, 7) is 0. The summed E-state index contributed by atoms with van der Waals surface area (Å²) >= 11 is 0. The Balaban J connectivity index is 1.26. The summed E-state index contributed by atoms with van der Waals surface area (Å²) in [5.74, 6) is 0.790. The van der Waals surface area contributed by atoms with Gasteiger partial charge in [0.25, 0.3) is 0 Å². The highest BCUT2D eigenvalue weighted by molar-refractivity contribution is 6.18. The van der Waals surface area contributed by atoms with E-state index in [1.807, 2.05) is 0 Å². The molecule has 0 unspecified atom stereocenters. The smallest absolute Gasteiger partial charge is 0.165 e. The minimum Gasteiger partial charge on any atom is -0.309 e. The van der Waals surface area contributed by atoms with Crippen molar-refractivity contribution in [2.24, 2.45) is 0 Å². The monoisotopic (exact) mass is 738 g/mol. The molecule has 12 rings (SSSR count). The van der Waals surface area contributed by atoms with Crippen LogP contribution in [0.1, 0.15) is 0 Å². The van der Waals surface area contributed by atoms with E-state index in [1.54, 1.807) is 0 Å². The molecule has 0 saturated carbocycles. The highest BCUT2D eigenvalue weighted by Crippen LogP contribution is 2.43. The van der Waals surface area contributed by atoms with Gasteiger partial charge in [0.05, 0.1) is 38.8 Å². The molecule has 0 N–H and O–H groups in total. The lowest BCUT2D eigenvalue weighted by molar-refractivity contribution is 1.08. The van der Waals surface area contributed by atoms with Gasteiger partial charge in [-0.1, -0.05) is 170 Å². The predicted molar refractivity (Wildman–Crippen MR) is 242 cm³/mol. The SMILES string of the molecule is c1ccc(-c2ccc3c4c(-n5c6ccccc6c6ccccc65)cccc4n(-c4nc5c(ccc6cccc(-c7ccccc7)c65)nc4-c4ccccc4)c3c2)cc1. The third kappa shape index (κ3) is 4.88. The maximum atomic E-state index is 5.80. The van der Waals surface area contributed by atoms with Crippen molar-refractivity contribution in [2.75, 3.05) is 0 Å². The third-order valence-corrected chi connectivity index (χ3v) is 11.7. The minimum atomic E-state index is 0.790. The number of nitrogens with zero attached hydrogens (tertiary/aromatic N) is 4. The Morgan fingerprint density at radius 2 is 0.966 bits per heavy atom. The Morgan fingerprint density at radius 3 is 1.69 bits per heavy atom. The van der Waals surface area contributed by atoms with E-state index in [-0.39, 0.29) is 0 Å². The topological polar surface area (TPSA) is 35.6 Å². The van der Waals surface area contributed by atoms with Crippen LogP contribution in [0.25, 0.3) is 110 Å². The van der Waals surface area contributed by atoms with Crippen molar-refractivity contribution in [1.82, 2.24) is 19.1 Å². The molecule has 0 saturated heterocycles. The van der Waals surface area contributed by atoms with Gasteiger partial charge in [0.15, 0.2) is 5.82 Å². The van der Waals surface area contributed by atoms with Crippen LogP contribution in [0.2, 0.25) is 0 Å². The summed E-state index contributed by atoms with van der Waals surface area (Å²) in [5, 5.41) is 7.00. The molecular formula is C54H34N4. The van der Waals surface area contributed by atoms with E-state index in [2.05, 4.69) is 215 Å². The molecular weight excluding hydrogens is 705 g/mol. The van der Waals surface area contributed by atoms with Crippen LogP contribution in [0.4, 0.5) is 0 Å². The molecule has 0 aliphatic heterocycles. The average molecular weight is 739 g/mol. The maximum absolute atomic E-state index is 5.80. The maximum Gasteiger partial charge on any atom is 0.165 e. The molecule has 3 aromatic heterocycles. The first-order valence-corrected chi connectivity index (χ1v) is 19.8. The first-order valence-electron chi connectivity index (χ1n) is 19.8. The second-order valence-corrected chi connectivity index (χ2v) is 14.9. The lowest BCUT2D eigenvalue weighted by Crippen LogP contribution is -2.04. The highest BCUT2D eigenvalue weighted by atomic mass is 15.1. The molecule has 9 aromatic carbocycles. The number of fused-ring (bicyclic) bond motifs is 9. The zero-order valence-corrected chi connectivity index (χ0v) is 31.4. The fourth-order valence-corrected chi connectivity index (χ4v) is 9.14. The molecule has 0 amide bonds. The number of hydrogen-bond acceptors (Lipinski definition) is 2. The molecule has 12 aromatic rings. The predicted octanol–water partition coefficient (Wildman–Crippen LogP) is 14.0. The van der Waals surface area contributed by atoms with Crippen molar-refractivity contribution in [2.45, 2.75) is 0 Å². The van der Waals surface area contributed by atoms with Gasteiger partial charge in [-0.2, -0.15) is 0 Å². The second-order valence-electron chi connectivity index (χ2n) is 14.9. The van der Waals surface area contributed by atoms with Gasteiger partial charge in [-0.25, -0.2) is 9.97 Å². The van der Waals surface area contributed by atoms with E-state index in [1.165, 1.54) is 21.8 Å². The van der Waals surface area contributed by atoms with E-state index in [0.29, 0.717) is 0 Å². The third-order valence-electron chi connectivity index (χ3n) is 11.7. The van der Waals surface area contributed by atoms with Crippen LogP contribution < -0.4 is 0 Å². The zero-order valence-electron chi connectivity index (χ0n) is 31.4. The Hall–Kier alpha value is -7.82. The van der Waals surface area contributed by atoms with Gasteiger partial charge in [0.2, 0.25) is 0 Å². The summed E-state index contributed by atoms with van der Waals surface area (Å²) in [5.41, 5.74) is 13.8. The van der Waals surface area contributed by atoms with Crippen LogP contribution in [-0.2, 0) is 0 Å². The molecule has 0 bridgehead atoms. The molecule has 0 spiro atoms. The van der Waals surface area contributed by atoms with Crippen LogP contribution in [0.5, 0.6) is 0 Å². The molecule has 270 valence electrons. The van der Waals surface area contributed by atoms with Gasteiger partial charge in [-0.15, -0.1) is 0 Å². The molecule has 4 heteroatoms. The van der Waals surface area contributed by atoms with Gasteiger partial charge in [0.1, 0.15) is 5.69 Å². The zero-order chi connectivity index (χ0) is 38.2. The summed E-state index contributed by atoms with van der Waals surface area (Å²) in [4.78, 5) is 11.3. The second kappa shape index (κ2) is 12.9. The Morgan fingerprint density at radius 1 is 0.345 bits per heavy atom. The fraction of sp³-hybridized carbons (Fsp3) is 0. The van der Waals surface area contributed by atoms with Crippen LogP contribution >= 0.6 is 0 Å². The van der Waals surface area contributed by atoms with E-state index in [4.69, 9.17) is 9.97 Å². The van der Waals surface area contributed by atoms with E-state index in [0.717, 1.165) is 88.6 Å². The van der Waals surface area contributed by atoms with Gasteiger partial charge in [-0.05, 0) is 64.0 Å². The molecule has 0 aliphatic carbocycles. The summed E-state index contributed by atoms with van der Waals surface area (Å²) in [7, 11) is 0. The molecule has 3 heterocycles. The molecule has 0 atom stereocenters. The first-order chi connectivity index (χ1) is 28.8. The number of rotatable bonds is 5. The van der Waals surface area contributed by atoms with Crippen molar-refractivity contribution in [3.63, 3.8) is 0 Å². The molecule has 58 heavy (non-hydrogen) atoms. The van der Waals surface area contributed by atoms with Gasteiger partial charge in [-0.3, -0.25) is 4.57 Å². The average Bonchev–Trinajstić information content (AvgIpc) is 3.82. The quantitative estimate of drug-likeness (QED) is 0.165. The Labute approximate surface area is 334 Å². The van der Waals surface area contributed by atoms with Crippen molar-refractivity contribution in [1.29, 1.82) is 0 Å². The Bertz CT molecular complexity index is 3490. The molecule has 0 fully saturated rings. The highest BCUT2D eigenvalue weighted by Gasteiger charge is 2.24. The molecule has 4 nitrogen and oxygen atoms in total. The van der Waals surface area contributed by atoms with Crippen LogP contribution in [0.15, 0.2) is 206 Å². The van der Waals surface area contributed by atoms with Gasteiger partial charge in [0, 0.05) is 32.5 Å². The normalized spacial score (nSPS) is 11.8. The first kappa shape index (κ1) is 32.4. The van der Waals surface area contributed by atoms with Crippen molar-refractivity contribution in [3.8, 4) is 45.0 Å². The van der Waals surface area contributed by atoms with Crippen molar-refractivity contribution < 1.29 is 0 Å². The van der Waals surface area contributed by atoms with Crippen molar-refractivity contribution in [3.05, 3.63) is 206 Å². The summed E-state index contributed by atoms with van der Waals surface area (Å²) in [6, 6.07) is 73.6. The van der Waals surface area contributed by atoms with Crippen molar-refractivity contribution >= 4 is 65.4 Å². The molecule has 0 radical (unpaired) electrons. The summed E-state index contributed by atoms with van der Waals surface area (Å²) < 4.78 is 4.80. The minimum absolute atomic E-state index is 0.790. The van der Waals surface area contributed by atoms with E-state index >= 15 is 0 Å². The molecule has 0 aliphatic rings. The fourth-order valence-electron chi connectivity index (χ4n) is 9.14. The number of para-hydroxylation sites is 2. The van der Waals surface area contributed by atoms with Crippen LogP contribution in [0.3, 0.4) is 0 Å². The van der Waals surface area contributed by atoms with Gasteiger partial charge >= 0.3 is 0 Å². The number of aromatic nitrogens is 4.